The minimum atomic E-state index is -0.780. The number of aromatic nitrogens is 2. The van der Waals surface area contributed by atoms with Crippen molar-refractivity contribution in [2.75, 3.05) is 18.4 Å². The largest absolute Gasteiger partial charge is 0.481 e. The summed E-state index contributed by atoms with van der Waals surface area (Å²) in [6.07, 6.45) is 3.38. The Morgan fingerprint density at radius 3 is 2.58 bits per heavy atom. The molecule has 7 heteroatoms. The molecule has 1 aliphatic rings. The van der Waals surface area contributed by atoms with E-state index >= 15 is 0 Å². The number of para-hydroxylation sites is 1. The molecule has 1 aromatic carbocycles. The van der Waals surface area contributed by atoms with Crippen LogP contribution in [0.25, 0.3) is 5.69 Å². The van der Waals surface area contributed by atoms with Crippen LogP contribution in [0, 0.1) is 12.8 Å². The molecule has 1 saturated heterocycles. The molecular weight excluding hydrogens is 332 g/mol. The van der Waals surface area contributed by atoms with Gasteiger partial charge in [-0.05, 0) is 37.8 Å². The molecule has 0 bridgehead atoms. The van der Waals surface area contributed by atoms with Gasteiger partial charge in [-0.2, -0.15) is 5.10 Å². The Morgan fingerprint density at radius 1 is 1.27 bits per heavy atom. The van der Waals surface area contributed by atoms with E-state index in [-0.39, 0.29) is 11.9 Å². The second-order valence-electron chi connectivity index (χ2n) is 6.59. The lowest BCUT2D eigenvalue weighted by Crippen LogP contribution is -2.42. The fraction of sp³-hybridized carbons (Fsp3) is 0.421. The van der Waals surface area contributed by atoms with Gasteiger partial charge in [-0.25, -0.2) is 9.48 Å². The van der Waals surface area contributed by atoms with Gasteiger partial charge < -0.3 is 15.3 Å². The van der Waals surface area contributed by atoms with Gasteiger partial charge in [-0.1, -0.05) is 25.1 Å². The van der Waals surface area contributed by atoms with E-state index in [1.807, 2.05) is 42.8 Å². The summed E-state index contributed by atoms with van der Waals surface area (Å²) in [5.41, 5.74) is 3.74. The molecule has 138 valence electrons. The number of hydrogen-bond donors (Lipinski definition) is 2. The van der Waals surface area contributed by atoms with E-state index < -0.39 is 5.97 Å². The Labute approximate surface area is 152 Å². The first-order valence-electron chi connectivity index (χ1n) is 8.93. The van der Waals surface area contributed by atoms with Crippen molar-refractivity contribution in [3.8, 4) is 5.69 Å². The van der Waals surface area contributed by atoms with Crippen LogP contribution in [-0.4, -0.2) is 44.9 Å². The number of aliphatic carboxylic acids is 1. The third kappa shape index (κ3) is 3.56. The fourth-order valence-electron chi connectivity index (χ4n) is 3.35. The number of aryl methyl sites for hydroxylation is 1. The van der Waals surface area contributed by atoms with Crippen molar-refractivity contribution in [1.29, 1.82) is 0 Å². The first-order chi connectivity index (χ1) is 12.5. The lowest BCUT2D eigenvalue weighted by molar-refractivity contribution is -0.143. The van der Waals surface area contributed by atoms with E-state index in [0.717, 1.165) is 23.4 Å². The average Bonchev–Trinajstić information content (AvgIpc) is 3.04. The minimum absolute atomic E-state index is 0.201. The molecule has 0 radical (unpaired) electrons. The Bertz CT molecular complexity index is 807. The van der Waals surface area contributed by atoms with Crippen LogP contribution in [-0.2, 0) is 11.2 Å². The zero-order valence-electron chi connectivity index (χ0n) is 15.1. The van der Waals surface area contributed by atoms with Gasteiger partial charge in [-0.3, -0.25) is 4.79 Å². The zero-order valence-corrected chi connectivity index (χ0v) is 15.1. The Balaban J connectivity index is 1.74. The molecule has 26 heavy (non-hydrogen) atoms. The number of piperidine rings is 1. The minimum Gasteiger partial charge on any atom is -0.481 e. The van der Waals surface area contributed by atoms with Crippen molar-refractivity contribution in [2.45, 2.75) is 33.1 Å². The molecule has 2 N–H and O–H groups in total. The molecule has 1 aliphatic heterocycles. The van der Waals surface area contributed by atoms with Crippen LogP contribution in [0.2, 0.25) is 0 Å². The van der Waals surface area contributed by atoms with Crippen LogP contribution in [0.5, 0.6) is 0 Å². The van der Waals surface area contributed by atoms with Crippen LogP contribution >= 0.6 is 0 Å². The molecule has 2 amide bonds. The summed E-state index contributed by atoms with van der Waals surface area (Å²) in [7, 11) is 0. The topological polar surface area (TPSA) is 87.5 Å². The van der Waals surface area contributed by atoms with Gasteiger partial charge in [-0.15, -0.1) is 0 Å². The number of carboxylic acids is 1. The van der Waals surface area contributed by atoms with Crippen LogP contribution < -0.4 is 5.32 Å². The normalized spacial score (nSPS) is 15.1. The first-order valence-corrected chi connectivity index (χ1v) is 8.93. The van der Waals surface area contributed by atoms with Crippen molar-refractivity contribution in [1.82, 2.24) is 14.7 Å². The number of amides is 2. The number of rotatable bonds is 4. The quantitative estimate of drug-likeness (QED) is 0.881. The lowest BCUT2D eigenvalue weighted by atomic mass is 9.97. The number of carbonyl (C=O) groups is 2. The van der Waals surface area contributed by atoms with E-state index in [4.69, 9.17) is 5.11 Å². The summed E-state index contributed by atoms with van der Waals surface area (Å²) in [5, 5.41) is 16.5. The molecule has 0 saturated carbocycles. The summed E-state index contributed by atoms with van der Waals surface area (Å²) < 4.78 is 1.86. The summed E-state index contributed by atoms with van der Waals surface area (Å²) >= 11 is 0. The summed E-state index contributed by atoms with van der Waals surface area (Å²) in [6.45, 7) is 4.97. The summed E-state index contributed by atoms with van der Waals surface area (Å²) in [5.74, 6) is -1.13. The highest BCUT2D eigenvalue weighted by Gasteiger charge is 2.27. The van der Waals surface area contributed by atoms with Crippen LogP contribution in [0.4, 0.5) is 10.5 Å². The molecule has 0 unspecified atom stereocenters. The highest BCUT2D eigenvalue weighted by Crippen LogP contribution is 2.23. The average molecular weight is 356 g/mol. The van der Waals surface area contributed by atoms with Crippen molar-refractivity contribution in [2.24, 2.45) is 5.92 Å². The van der Waals surface area contributed by atoms with Gasteiger partial charge in [0, 0.05) is 13.1 Å². The standard InChI is InChI=1S/C19H24N4O3/c1-3-16-15(12-20-23(16)17-7-5-4-6-13(17)2)21-19(26)22-10-8-14(9-11-22)18(24)25/h4-7,12,14H,3,8-11H2,1-2H3,(H,21,26)(H,24,25). The van der Waals surface area contributed by atoms with E-state index in [1.165, 1.54) is 0 Å². The number of carbonyl (C=O) groups excluding carboxylic acids is 1. The van der Waals surface area contributed by atoms with Gasteiger partial charge in [0.25, 0.3) is 0 Å². The molecule has 1 fully saturated rings. The number of carboxylic acid groups (broad SMARTS) is 1. The number of urea groups is 1. The van der Waals surface area contributed by atoms with Crippen molar-refractivity contribution in [3.05, 3.63) is 41.7 Å². The molecule has 3 rings (SSSR count). The van der Waals surface area contributed by atoms with Crippen molar-refractivity contribution < 1.29 is 14.7 Å². The molecular formula is C19H24N4O3. The number of nitrogens with one attached hydrogen (secondary N) is 1. The van der Waals surface area contributed by atoms with E-state index in [2.05, 4.69) is 10.4 Å². The molecule has 2 aromatic rings. The highest BCUT2D eigenvalue weighted by molar-refractivity contribution is 5.90. The molecule has 0 atom stereocenters. The van der Waals surface area contributed by atoms with Crippen molar-refractivity contribution >= 4 is 17.7 Å². The second kappa shape index (κ2) is 7.59. The first kappa shape index (κ1) is 18.0. The fourth-order valence-corrected chi connectivity index (χ4v) is 3.35. The smallest absolute Gasteiger partial charge is 0.321 e. The van der Waals surface area contributed by atoms with Crippen LogP contribution in [0.3, 0.4) is 0 Å². The number of hydrogen-bond acceptors (Lipinski definition) is 3. The molecule has 0 spiro atoms. The lowest BCUT2D eigenvalue weighted by Gasteiger charge is -2.30. The molecule has 7 nitrogen and oxygen atoms in total. The van der Waals surface area contributed by atoms with Gasteiger partial charge in [0.2, 0.25) is 0 Å². The van der Waals surface area contributed by atoms with Crippen LogP contribution in [0.1, 0.15) is 31.0 Å². The maximum atomic E-state index is 12.6. The predicted octanol–water partition coefficient (Wildman–Crippen LogP) is 3.07. The number of benzene rings is 1. The molecule has 2 heterocycles. The summed E-state index contributed by atoms with van der Waals surface area (Å²) in [4.78, 5) is 25.3. The monoisotopic (exact) mass is 356 g/mol. The Kier molecular flexibility index (Phi) is 5.25. The maximum absolute atomic E-state index is 12.6. The second-order valence-corrected chi connectivity index (χ2v) is 6.59. The van der Waals surface area contributed by atoms with E-state index in [1.54, 1.807) is 11.1 Å². The summed E-state index contributed by atoms with van der Waals surface area (Å²) in [6, 6.07) is 7.78. The van der Waals surface area contributed by atoms with Gasteiger partial charge in [0.15, 0.2) is 0 Å². The van der Waals surface area contributed by atoms with Gasteiger partial charge in [0.05, 0.1) is 29.2 Å². The van der Waals surface area contributed by atoms with Crippen LogP contribution in [0.15, 0.2) is 30.5 Å². The Hall–Kier alpha value is -2.83. The number of nitrogens with zero attached hydrogens (tertiary/aromatic N) is 3. The maximum Gasteiger partial charge on any atom is 0.321 e. The number of likely N-dealkylation sites (tertiary alicyclic amines) is 1. The van der Waals surface area contributed by atoms with Crippen molar-refractivity contribution in [3.63, 3.8) is 0 Å². The Morgan fingerprint density at radius 2 is 1.96 bits per heavy atom. The molecule has 0 aliphatic carbocycles. The molecule has 1 aromatic heterocycles. The highest BCUT2D eigenvalue weighted by atomic mass is 16.4. The SMILES string of the molecule is CCc1c(NC(=O)N2CCC(C(=O)O)CC2)cnn1-c1ccccc1C. The third-order valence-corrected chi connectivity index (χ3v) is 4.92. The zero-order chi connectivity index (χ0) is 18.7. The third-order valence-electron chi connectivity index (χ3n) is 4.92. The van der Waals surface area contributed by atoms with E-state index in [0.29, 0.717) is 31.6 Å². The predicted molar refractivity (Wildman–Crippen MR) is 98.6 cm³/mol. The van der Waals surface area contributed by atoms with Gasteiger partial charge in [0.1, 0.15) is 0 Å². The van der Waals surface area contributed by atoms with Gasteiger partial charge >= 0.3 is 12.0 Å². The van der Waals surface area contributed by atoms with E-state index in [9.17, 15) is 9.59 Å². The number of anilines is 1.